The van der Waals surface area contributed by atoms with Gasteiger partial charge in [0.25, 0.3) is 5.92 Å². The van der Waals surface area contributed by atoms with Crippen LogP contribution < -0.4 is 5.73 Å². The van der Waals surface area contributed by atoms with Crippen LogP contribution in [0.15, 0.2) is 6.07 Å². The van der Waals surface area contributed by atoms with Gasteiger partial charge in [-0.05, 0) is 31.0 Å². The van der Waals surface area contributed by atoms with E-state index in [0.717, 1.165) is 11.3 Å². The number of nitrogens with two attached hydrogens (primary N) is 1. The summed E-state index contributed by atoms with van der Waals surface area (Å²) in [7, 11) is 0. The molecule has 0 aliphatic rings. The third-order valence-electron chi connectivity index (χ3n) is 2.16. The molecule has 0 radical (unpaired) electrons. The van der Waals surface area contributed by atoms with Crippen molar-refractivity contribution >= 4 is 11.6 Å². The predicted octanol–water partition coefficient (Wildman–Crippen LogP) is 2.49. The summed E-state index contributed by atoms with van der Waals surface area (Å²) in [5, 5.41) is 0.139. The molecule has 1 aromatic heterocycles. The van der Waals surface area contributed by atoms with Gasteiger partial charge in [-0.3, -0.25) is 0 Å². The van der Waals surface area contributed by atoms with Gasteiger partial charge in [-0.2, -0.15) is 0 Å². The van der Waals surface area contributed by atoms with Crippen LogP contribution in [0.4, 0.5) is 8.78 Å². The van der Waals surface area contributed by atoms with Crippen molar-refractivity contribution in [2.45, 2.75) is 26.2 Å². The van der Waals surface area contributed by atoms with E-state index < -0.39 is 18.9 Å². The van der Waals surface area contributed by atoms with Crippen LogP contribution in [0.2, 0.25) is 5.15 Å². The van der Waals surface area contributed by atoms with Crippen molar-refractivity contribution in [1.29, 1.82) is 0 Å². The molecule has 0 amide bonds. The summed E-state index contributed by atoms with van der Waals surface area (Å²) in [5.41, 5.74) is 6.79. The third kappa shape index (κ3) is 3.11. The average molecular weight is 235 g/mol. The highest BCUT2D eigenvalue weighted by Crippen LogP contribution is 2.26. The molecule has 2 N–H and O–H groups in total. The number of rotatable bonds is 3. The van der Waals surface area contributed by atoms with Crippen molar-refractivity contribution in [2.75, 3.05) is 6.54 Å². The van der Waals surface area contributed by atoms with E-state index in [1.54, 1.807) is 19.9 Å². The normalized spacial score (nSPS) is 11.9. The van der Waals surface area contributed by atoms with E-state index in [1.165, 1.54) is 0 Å². The number of nitrogens with zero attached hydrogens (tertiary/aromatic N) is 1. The van der Waals surface area contributed by atoms with Gasteiger partial charge < -0.3 is 5.73 Å². The number of aryl methyl sites for hydroxylation is 2. The lowest BCUT2D eigenvalue weighted by atomic mass is 10.0. The maximum Gasteiger partial charge on any atom is 0.264 e. The molecule has 0 saturated carbocycles. The van der Waals surface area contributed by atoms with Crippen molar-refractivity contribution in [2.24, 2.45) is 5.73 Å². The Morgan fingerprint density at radius 3 is 2.53 bits per heavy atom. The van der Waals surface area contributed by atoms with E-state index in [2.05, 4.69) is 4.98 Å². The van der Waals surface area contributed by atoms with E-state index in [-0.39, 0.29) is 5.15 Å². The summed E-state index contributed by atoms with van der Waals surface area (Å²) in [6, 6.07) is 1.73. The molecule has 1 heterocycles. The SMILES string of the molecule is Cc1cc(C)c(CC(F)(F)CN)c(Cl)n1. The van der Waals surface area contributed by atoms with Crippen LogP contribution in [0.5, 0.6) is 0 Å². The van der Waals surface area contributed by atoms with Gasteiger partial charge in [-0.1, -0.05) is 11.6 Å². The van der Waals surface area contributed by atoms with Gasteiger partial charge in [-0.25, -0.2) is 13.8 Å². The van der Waals surface area contributed by atoms with Crippen LogP contribution in [0.1, 0.15) is 16.8 Å². The Morgan fingerprint density at radius 1 is 1.47 bits per heavy atom. The van der Waals surface area contributed by atoms with Gasteiger partial charge in [0.05, 0.1) is 6.54 Å². The summed E-state index contributed by atoms with van der Waals surface area (Å²) in [6.45, 7) is 2.82. The molecule has 0 aromatic carbocycles. The van der Waals surface area contributed by atoms with Gasteiger partial charge in [0.1, 0.15) is 5.15 Å². The predicted molar refractivity (Wildman–Crippen MR) is 56.4 cm³/mol. The molecule has 0 spiro atoms. The lowest BCUT2D eigenvalue weighted by Gasteiger charge is -2.16. The van der Waals surface area contributed by atoms with Crippen LogP contribution in [0.25, 0.3) is 0 Å². The van der Waals surface area contributed by atoms with Crippen LogP contribution in [0, 0.1) is 13.8 Å². The van der Waals surface area contributed by atoms with E-state index in [0.29, 0.717) is 5.56 Å². The second-order valence-electron chi connectivity index (χ2n) is 3.59. The highest BCUT2D eigenvalue weighted by Gasteiger charge is 2.29. The van der Waals surface area contributed by atoms with E-state index in [1.807, 2.05) is 0 Å². The first-order valence-electron chi connectivity index (χ1n) is 4.56. The Labute approximate surface area is 92.4 Å². The minimum atomic E-state index is -2.93. The minimum absolute atomic E-state index is 0.139. The molecule has 0 saturated heterocycles. The van der Waals surface area contributed by atoms with E-state index in [4.69, 9.17) is 17.3 Å². The molecular weight excluding hydrogens is 222 g/mol. The largest absolute Gasteiger partial charge is 0.325 e. The lowest BCUT2D eigenvalue weighted by Crippen LogP contribution is -2.30. The molecular formula is C10H13ClF2N2. The fourth-order valence-corrected chi connectivity index (χ4v) is 1.71. The van der Waals surface area contributed by atoms with Crippen molar-refractivity contribution in [3.63, 3.8) is 0 Å². The first kappa shape index (κ1) is 12.3. The Bertz CT molecular complexity index is 343. The smallest absolute Gasteiger partial charge is 0.264 e. The molecule has 15 heavy (non-hydrogen) atoms. The highest BCUT2D eigenvalue weighted by atomic mass is 35.5. The molecule has 0 aliphatic carbocycles. The second-order valence-corrected chi connectivity index (χ2v) is 3.94. The third-order valence-corrected chi connectivity index (χ3v) is 2.47. The number of aromatic nitrogens is 1. The summed E-state index contributed by atoms with van der Waals surface area (Å²) < 4.78 is 26.2. The maximum atomic E-state index is 13.1. The Hall–Kier alpha value is -0.740. The zero-order valence-electron chi connectivity index (χ0n) is 8.65. The minimum Gasteiger partial charge on any atom is -0.325 e. The number of pyridine rings is 1. The molecule has 0 fully saturated rings. The summed E-state index contributed by atoms with van der Waals surface area (Å²) >= 11 is 5.81. The average Bonchev–Trinajstić information content (AvgIpc) is 2.11. The standard InChI is InChI=1S/C10H13ClF2N2/c1-6-3-7(2)15-9(11)8(6)4-10(12,13)5-14/h3H,4-5,14H2,1-2H3. The molecule has 2 nitrogen and oxygen atoms in total. The van der Waals surface area contributed by atoms with Crippen molar-refractivity contribution < 1.29 is 8.78 Å². The van der Waals surface area contributed by atoms with Crippen LogP contribution >= 0.6 is 11.6 Å². The number of halogens is 3. The van der Waals surface area contributed by atoms with Gasteiger partial charge in [0, 0.05) is 12.1 Å². The van der Waals surface area contributed by atoms with Gasteiger partial charge in [0.15, 0.2) is 0 Å². The molecule has 0 unspecified atom stereocenters. The summed E-state index contributed by atoms with van der Waals surface area (Å²) in [5.74, 6) is -2.93. The zero-order chi connectivity index (χ0) is 11.6. The quantitative estimate of drug-likeness (QED) is 0.817. The molecule has 1 aromatic rings. The molecule has 0 atom stereocenters. The van der Waals surface area contributed by atoms with E-state index in [9.17, 15) is 8.78 Å². The Kier molecular flexibility index (Phi) is 3.62. The van der Waals surface area contributed by atoms with Gasteiger partial charge in [-0.15, -0.1) is 0 Å². The number of hydrogen-bond donors (Lipinski definition) is 1. The first-order valence-corrected chi connectivity index (χ1v) is 4.94. The maximum absolute atomic E-state index is 13.1. The topological polar surface area (TPSA) is 38.9 Å². The molecule has 0 bridgehead atoms. The van der Waals surface area contributed by atoms with Gasteiger partial charge in [0.2, 0.25) is 0 Å². The van der Waals surface area contributed by atoms with Gasteiger partial charge >= 0.3 is 0 Å². The summed E-state index contributed by atoms with van der Waals surface area (Å²) in [6.07, 6.45) is -0.457. The fraction of sp³-hybridized carbons (Fsp3) is 0.500. The number of alkyl halides is 2. The Morgan fingerprint density at radius 2 is 2.07 bits per heavy atom. The molecule has 1 rings (SSSR count). The van der Waals surface area contributed by atoms with E-state index >= 15 is 0 Å². The first-order chi connectivity index (χ1) is 6.85. The molecule has 5 heteroatoms. The monoisotopic (exact) mass is 234 g/mol. The molecule has 84 valence electrons. The van der Waals surface area contributed by atoms with Crippen molar-refractivity contribution in [3.05, 3.63) is 28.0 Å². The van der Waals surface area contributed by atoms with Crippen LogP contribution in [-0.2, 0) is 6.42 Å². The summed E-state index contributed by atoms with van der Waals surface area (Å²) in [4.78, 5) is 3.94. The van der Waals surface area contributed by atoms with Crippen molar-refractivity contribution in [1.82, 2.24) is 4.98 Å². The van der Waals surface area contributed by atoms with Crippen molar-refractivity contribution in [3.8, 4) is 0 Å². The lowest BCUT2D eigenvalue weighted by molar-refractivity contribution is 0.0113. The second kappa shape index (κ2) is 4.41. The van der Waals surface area contributed by atoms with Crippen LogP contribution in [-0.4, -0.2) is 17.5 Å². The molecule has 0 aliphatic heterocycles. The fourth-order valence-electron chi connectivity index (χ4n) is 1.36. The Balaban J connectivity index is 3.05. The highest BCUT2D eigenvalue weighted by molar-refractivity contribution is 6.30. The number of hydrogen-bond acceptors (Lipinski definition) is 2. The zero-order valence-corrected chi connectivity index (χ0v) is 9.41. The van der Waals surface area contributed by atoms with Crippen LogP contribution in [0.3, 0.4) is 0 Å².